The maximum Gasteiger partial charge on any atom is 0.343 e. The minimum atomic E-state index is -0.717. The van der Waals surface area contributed by atoms with Crippen LogP contribution < -0.4 is 20.5 Å². The van der Waals surface area contributed by atoms with Crippen molar-refractivity contribution in [2.24, 2.45) is 5.73 Å². The number of nitrogens with one attached hydrogen (secondary N) is 1. The van der Waals surface area contributed by atoms with E-state index in [1.54, 1.807) is 74.5 Å². The molecule has 3 aromatic carbocycles. The molecule has 0 aromatic heterocycles. The maximum atomic E-state index is 13.0. The van der Waals surface area contributed by atoms with Crippen LogP contribution in [0.1, 0.15) is 46.5 Å². The van der Waals surface area contributed by atoms with Crippen molar-refractivity contribution in [2.45, 2.75) is 32.8 Å². The van der Waals surface area contributed by atoms with E-state index in [4.69, 9.17) is 19.9 Å². The smallest absolute Gasteiger partial charge is 0.343 e. The standard InChI is InChI=1S/C28H28N2O7/c1-18(2)35-25(32)16-13-21-22(30-24(31)17-29)14-15-23(36-27(33)19-9-5-3-6-10-19)26(21)37-28(34)20-11-7-4-8-12-20/h3-12,14-15,18H,13,16-17,29H2,1-2H3,(H,30,31). The van der Waals surface area contributed by atoms with Gasteiger partial charge in [-0.05, 0) is 56.7 Å². The minimum Gasteiger partial charge on any atom is -0.463 e. The molecule has 0 bridgehead atoms. The van der Waals surface area contributed by atoms with Crippen LogP contribution in [0.25, 0.3) is 0 Å². The minimum absolute atomic E-state index is 0.0138. The van der Waals surface area contributed by atoms with Crippen LogP contribution in [-0.4, -0.2) is 36.5 Å². The highest BCUT2D eigenvalue weighted by molar-refractivity contribution is 5.96. The molecule has 0 spiro atoms. The van der Waals surface area contributed by atoms with Crippen molar-refractivity contribution in [3.05, 3.63) is 89.5 Å². The van der Waals surface area contributed by atoms with Gasteiger partial charge in [-0.15, -0.1) is 0 Å². The molecule has 0 fully saturated rings. The third-order valence-electron chi connectivity index (χ3n) is 5.05. The molecule has 3 aromatic rings. The van der Waals surface area contributed by atoms with Gasteiger partial charge in [0.1, 0.15) is 0 Å². The summed E-state index contributed by atoms with van der Waals surface area (Å²) in [7, 11) is 0. The first-order chi connectivity index (χ1) is 17.8. The molecule has 0 saturated heterocycles. The zero-order valence-electron chi connectivity index (χ0n) is 20.6. The molecule has 9 nitrogen and oxygen atoms in total. The van der Waals surface area contributed by atoms with Crippen molar-refractivity contribution < 1.29 is 33.4 Å². The molecule has 0 saturated carbocycles. The third-order valence-corrected chi connectivity index (χ3v) is 5.05. The van der Waals surface area contributed by atoms with Crippen LogP contribution in [0, 0.1) is 0 Å². The Morgan fingerprint density at radius 1 is 0.811 bits per heavy atom. The molecule has 0 heterocycles. The fourth-order valence-electron chi connectivity index (χ4n) is 3.37. The van der Waals surface area contributed by atoms with Crippen LogP contribution in [0.2, 0.25) is 0 Å². The molecule has 1 amide bonds. The van der Waals surface area contributed by atoms with Crippen LogP contribution in [0.15, 0.2) is 72.8 Å². The Bertz CT molecular complexity index is 1260. The zero-order chi connectivity index (χ0) is 26.8. The molecule has 3 rings (SSSR count). The fraction of sp³-hybridized carbons (Fsp3) is 0.214. The Hall–Kier alpha value is -4.50. The van der Waals surface area contributed by atoms with Crippen molar-refractivity contribution in [2.75, 3.05) is 11.9 Å². The van der Waals surface area contributed by atoms with Gasteiger partial charge in [0.15, 0.2) is 11.5 Å². The van der Waals surface area contributed by atoms with Gasteiger partial charge in [0, 0.05) is 17.7 Å². The van der Waals surface area contributed by atoms with Crippen LogP contribution in [0.5, 0.6) is 11.5 Å². The van der Waals surface area contributed by atoms with E-state index in [0.717, 1.165) is 0 Å². The number of esters is 3. The lowest BCUT2D eigenvalue weighted by Crippen LogP contribution is -2.23. The van der Waals surface area contributed by atoms with Gasteiger partial charge in [-0.25, -0.2) is 9.59 Å². The van der Waals surface area contributed by atoms with Gasteiger partial charge >= 0.3 is 17.9 Å². The van der Waals surface area contributed by atoms with E-state index < -0.39 is 23.8 Å². The quantitative estimate of drug-likeness (QED) is 0.314. The summed E-state index contributed by atoms with van der Waals surface area (Å²) in [6, 6.07) is 19.4. The summed E-state index contributed by atoms with van der Waals surface area (Å²) in [5.41, 5.74) is 6.52. The summed E-state index contributed by atoms with van der Waals surface area (Å²) in [5, 5.41) is 2.64. The summed E-state index contributed by atoms with van der Waals surface area (Å²) in [4.78, 5) is 50.2. The number of amides is 1. The Balaban J connectivity index is 2.06. The Morgan fingerprint density at radius 2 is 1.38 bits per heavy atom. The lowest BCUT2D eigenvalue weighted by atomic mass is 10.0. The van der Waals surface area contributed by atoms with Crippen molar-refractivity contribution in [1.29, 1.82) is 0 Å². The number of hydrogen-bond donors (Lipinski definition) is 2. The molecule has 0 aliphatic heterocycles. The van der Waals surface area contributed by atoms with Crippen LogP contribution in [0.3, 0.4) is 0 Å². The molecule has 0 aliphatic carbocycles. The zero-order valence-corrected chi connectivity index (χ0v) is 20.6. The van der Waals surface area contributed by atoms with Gasteiger partial charge in [0.25, 0.3) is 0 Å². The monoisotopic (exact) mass is 504 g/mol. The van der Waals surface area contributed by atoms with Gasteiger partial charge < -0.3 is 25.3 Å². The number of rotatable bonds is 10. The van der Waals surface area contributed by atoms with Gasteiger partial charge in [0.05, 0.1) is 23.8 Å². The Kier molecular flexibility index (Phi) is 9.51. The highest BCUT2D eigenvalue weighted by Crippen LogP contribution is 2.38. The number of hydrogen-bond acceptors (Lipinski definition) is 8. The van der Waals surface area contributed by atoms with E-state index in [9.17, 15) is 19.2 Å². The molecule has 192 valence electrons. The molecule has 0 aliphatic rings. The molecule has 37 heavy (non-hydrogen) atoms. The summed E-state index contributed by atoms with van der Waals surface area (Å²) < 4.78 is 16.5. The van der Waals surface area contributed by atoms with E-state index in [0.29, 0.717) is 0 Å². The van der Waals surface area contributed by atoms with E-state index in [1.807, 2.05) is 0 Å². The average Bonchev–Trinajstić information content (AvgIpc) is 2.90. The second-order valence-electron chi connectivity index (χ2n) is 8.22. The fourth-order valence-corrected chi connectivity index (χ4v) is 3.37. The first kappa shape index (κ1) is 27.1. The molecule has 0 atom stereocenters. The highest BCUT2D eigenvalue weighted by Gasteiger charge is 2.24. The van der Waals surface area contributed by atoms with Gasteiger partial charge in [-0.1, -0.05) is 36.4 Å². The number of anilines is 1. The molecule has 0 unspecified atom stereocenters. The Labute approximate surface area is 214 Å². The lowest BCUT2D eigenvalue weighted by molar-refractivity contribution is -0.147. The van der Waals surface area contributed by atoms with Gasteiger partial charge in [-0.3, -0.25) is 9.59 Å². The summed E-state index contributed by atoms with van der Waals surface area (Å²) in [6.45, 7) is 3.15. The maximum absolute atomic E-state index is 13.0. The van der Waals surface area contributed by atoms with E-state index in [1.165, 1.54) is 12.1 Å². The van der Waals surface area contributed by atoms with Crippen molar-refractivity contribution >= 4 is 29.5 Å². The number of ether oxygens (including phenoxy) is 3. The predicted molar refractivity (Wildman–Crippen MR) is 136 cm³/mol. The van der Waals surface area contributed by atoms with Crippen LogP contribution in [-0.2, 0) is 20.7 Å². The molecule has 3 N–H and O–H groups in total. The molecular weight excluding hydrogens is 476 g/mol. The molecule has 9 heteroatoms. The normalized spacial score (nSPS) is 10.5. The van der Waals surface area contributed by atoms with E-state index >= 15 is 0 Å². The first-order valence-electron chi connectivity index (χ1n) is 11.7. The van der Waals surface area contributed by atoms with Crippen LogP contribution in [0.4, 0.5) is 5.69 Å². The second-order valence-corrected chi connectivity index (χ2v) is 8.22. The topological polar surface area (TPSA) is 134 Å². The number of carbonyl (C=O) groups is 4. The second kappa shape index (κ2) is 13.0. The van der Waals surface area contributed by atoms with Crippen molar-refractivity contribution in [3.8, 4) is 11.5 Å². The summed E-state index contributed by atoms with van der Waals surface area (Å²) >= 11 is 0. The van der Waals surface area contributed by atoms with Crippen LogP contribution >= 0.6 is 0 Å². The summed E-state index contributed by atoms with van der Waals surface area (Å²) in [6.07, 6.45) is -0.396. The van der Waals surface area contributed by atoms with Gasteiger partial charge in [-0.2, -0.15) is 0 Å². The predicted octanol–water partition coefficient (Wildman–Crippen LogP) is 3.91. The first-order valence-corrected chi connectivity index (χ1v) is 11.7. The Morgan fingerprint density at radius 3 is 1.92 bits per heavy atom. The molecule has 0 radical (unpaired) electrons. The number of benzene rings is 3. The van der Waals surface area contributed by atoms with E-state index in [2.05, 4.69) is 5.32 Å². The lowest BCUT2D eigenvalue weighted by Gasteiger charge is -2.19. The highest BCUT2D eigenvalue weighted by atomic mass is 16.6. The number of carbonyl (C=O) groups excluding carboxylic acids is 4. The van der Waals surface area contributed by atoms with Gasteiger partial charge in [0.2, 0.25) is 5.91 Å². The average molecular weight is 505 g/mol. The largest absolute Gasteiger partial charge is 0.463 e. The van der Waals surface area contributed by atoms with Crippen molar-refractivity contribution in [3.63, 3.8) is 0 Å². The SMILES string of the molecule is CC(C)OC(=O)CCc1c(NC(=O)CN)ccc(OC(=O)c2ccccc2)c1OC(=O)c1ccccc1. The number of nitrogens with two attached hydrogens (primary N) is 1. The summed E-state index contributed by atoms with van der Waals surface area (Å²) in [5.74, 6) is -2.55. The van der Waals surface area contributed by atoms with Crippen molar-refractivity contribution in [1.82, 2.24) is 0 Å². The third kappa shape index (κ3) is 7.74. The van der Waals surface area contributed by atoms with E-state index in [-0.39, 0.29) is 59.4 Å². The molecular formula is C28H28N2O7.